The molecule has 1 saturated carbocycles. The monoisotopic (exact) mass is 364 g/mol. The van der Waals surface area contributed by atoms with E-state index in [2.05, 4.69) is 10.2 Å². The van der Waals surface area contributed by atoms with Crippen molar-refractivity contribution >= 4 is 11.9 Å². The highest BCUT2D eigenvalue weighted by atomic mass is 19.1. The second-order valence-corrected chi connectivity index (χ2v) is 7.37. The van der Waals surface area contributed by atoms with Gasteiger partial charge in [-0.3, -0.25) is 14.5 Å². The van der Waals surface area contributed by atoms with E-state index in [0.717, 1.165) is 32.4 Å². The smallest absolute Gasteiger partial charge is 0.323 e. The minimum Gasteiger partial charge on any atom is -0.464 e. The molecular formula is C19H22F2N2O3. The average Bonchev–Trinajstić information content (AvgIpc) is 3.29. The van der Waals surface area contributed by atoms with Gasteiger partial charge in [-0.25, -0.2) is 8.78 Å². The van der Waals surface area contributed by atoms with Crippen LogP contribution in [0, 0.1) is 17.6 Å². The molecule has 2 aliphatic heterocycles. The summed E-state index contributed by atoms with van der Waals surface area (Å²) in [4.78, 5) is 26.2. The maximum Gasteiger partial charge on any atom is 0.323 e. The molecule has 0 aromatic heterocycles. The number of piperidine rings is 1. The highest BCUT2D eigenvalue weighted by molar-refractivity contribution is 5.83. The Morgan fingerprint density at radius 2 is 1.85 bits per heavy atom. The van der Waals surface area contributed by atoms with Crippen LogP contribution >= 0.6 is 0 Å². The quantitative estimate of drug-likeness (QED) is 0.830. The third kappa shape index (κ3) is 3.32. The standard InChI is InChI=1S/C19H22F2N2O3/c20-14-2-1-3-15(21)17(14)12-10-13(12)18(24)22-11-4-7-23(8-5-11)16-6-9-26-19(16)25/h1-3,11-13,16H,4-10H2,(H,22,24)/t12-,13-,16-/m1/s1. The van der Waals surface area contributed by atoms with E-state index in [1.807, 2.05) is 0 Å². The fourth-order valence-electron chi connectivity index (χ4n) is 4.15. The first-order chi connectivity index (χ1) is 12.5. The molecule has 0 unspecified atom stereocenters. The Bertz CT molecular complexity index is 698. The van der Waals surface area contributed by atoms with Crippen LogP contribution in [0.5, 0.6) is 0 Å². The van der Waals surface area contributed by atoms with Gasteiger partial charge in [0.2, 0.25) is 5.91 Å². The zero-order chi connectivity index (χ0) is 18.3. The molecular weight excluding hydrogens is 342 g/mol. The maximum absolute atomic E-state index is 13.8. The zero-order valence-corrected chi connectivity index (χ0v) is 14.4. The first-order valence-corrected chi connectivity index (χ1v) is 9.19. The summed E-state index contributed by atoms with van der Waals surface area (Å²) in [6.07, 6.45) is 2.74. The van der Waals surface area contributed by atoms with Crippen LogP contribution in [0.25, 0.3) is 0 Å². The molecule has 0 radical (unpaired) electrons. The van der Waals surface area contributed by atoms with E-state index in [1.165, 1.54) is 18.2 Å². The molecule has 4 rings (SSSR count). The molecule has 2 saturated heterocycles. The number of carbonyl (C=O) groups excluding carboxylic acids is 2. The van der Waals surface area contributed by atoms with Gasteiger partial charge in [-0.2, -0.15) is 0 Å². The van der Waals surface area contributed by atoms with Crippen LogP contribution in [0.15, 0.2) is 18.2 Å². The summed E-state index contributed by atoms with van der Waals surface area (Å²) >= 11 is 0. The van der Waals surface area contributed by atoms with Crippen molar-refractivity contribution in [3.63, 3.8) is 0 Å². The van der Waals surface area contributed by atoms with Gasteiger partial charge in [-0.15, -0.1) is 0 Å². The number of likely N-dealkylation sites (tertiary alicyclic amines) is 1. The van der Waals surface area contributed by atoms with Gasteiger partial charge in [-0.1, -0.05) is 6.07 Å². The average molecular weight is 364 g/mol. The second kappa shape index (κ2) is 6.95. The summed E-state index contributed by atoms with van der Waals surface area (Å²) in [5.41, 5.74) is 0.0298. The minimum absolute atomic E-state index is 0.0298. The lowest BCUT2D eigenvalue weighted by Gasteiger charge is -2.34. The van der Waals surface area contributed by atoms with Crippen molar-refractivity contribution in [1.82, 2.24) is 10.2 Å². The molecule has 3 fully saturated rings. The Morgan fingerprint density at radius 3 is 2.46 bits per heavy atom. The van der Waals surface area contributed by atoms with E-state index in [-0.39, 0.29) is 41.4 Å². The van der Waals surface area contributed by atoms with Crippen LogP contribution in [0.1, 0.15) is 37.2 Å². The first kappa shape index (κ1) is 17.4. The molecule has 5 nitrogen and oxygen atoms in total. The maximum atomic E-state index is 13.8. The van der Waals surface area contributed by atoms with Crippen LogP contribution in [0.3, 0.4) is 0 Å². The van der Waals surface area contributed by atoms with E-state index >= 15 is 0 Å². The zero-order valence-electron chi connectivity index (χ0n) is 14.4. The summed E-state index contributed by atoms with van der Waals surface area (Å²) in [5, 5.41) is 3.02. The number of cyclic esters (lactones) is 1. The van der Waals surface area contributed by atoms with Gasteiger partial charge in [0.15, 0.2) is 0 Å². The molecule has 3 atom stereocenters. The number of nitrogens with one attached hydrogen (secondary N) is 1. The van der Waals surface area contributed by atoms with Crippen molar-refractivity contribution in [2.24, 2.45) is 5.92 Å². The molecule has 26 heavy (non-hydrogen) atoms. The largest absolute Gasteiger partial charge is 0.464 e. The van der Waals surface area contributed by atoms with E-state index in [4.69, 9.17) is 4.74 Å². The van der Waals surface area contributed by atoms with E-state index in [0.29, 0.717) is 13.0 Å². The molecule has 140 valence electrons. The number of hydrogen-bond donors (Lipinski definition) is 1. The van der Waals surface area contributed by atoms with Gasteiger partial charge in [-0.05, 0) is 31.4 Å². The van der Waals surface area contributed by atoms with Crippen LogP contribution in [-0.4, -0.2) is 48.6 Å². The molecule has 1 N–H and O–H groups in total. The highest BCUT2D eigenvalue weighted by Crippen LogP contribution is 2.49. The Kier molecular flexibility index (Phi) is 4.65. The second-order valence-electron chi connectivity index (χ2n) is 7.37. The van der Waals surface area contributed by atoms with Crippen molar-refractivity contribution < 1.29 is 23.1 Å². The van der Waals surface area contributed by atoms with Crippen LogP contribution in [0.2, 0.25) is 0 Å². The Morgan fingerprint density at radius 1 is 1.15 bits per heavy atom. The van der Waals surface area contributed by atoms with E-state index in [9.17, 15) is 18.4 Å². The SMILES string of the molecule is O=C1OCC[C@H]1N1CCC(NC(=O)[C@@H]2C[C@H]2c2c(F)cccc2F)CC1. The molecule has 0 bridgehead atoms. The molecule has 1 aliphatic carbocycles. The van der Waals surface area contributed by atoms with Gasteiger partial charge >= 0.3 is 5.97 Å². The van der Waals surface area contributed by atoms with Gasteiger partial charge in [0.25, 0.3) is 0 Å². The summed E-state index contributed by atoms with van der Waals surface area (Å²) in [7, 11) is 0. The third-order valence-electron chi connectivity index (χ3n) is 5.72. The normalized spacial score (nSPS) is 29.5. The lowest BCUT2D eigenvalue weighted by molar-refractivity contribution is -0.142. The Labute approximate surface area is 150 Å². The minimum atomic E-state index is -0.581. The van der Waals surface area contributed by atoms with E-state index in [1.54, 1.807) is 0 Å². The molecule has 3 aliphatic rings. The van der Waals surface area contributed by atoms with Crippen molar-refractivity contribution in [3.8, 4) is 0 Å². The number of rotatable bonds is 4. The van der Waals surface area contributed by atoms with E-state index < -0.39 is 11.6 Å². The Hall–Kier alpha value is -2.02. The highest BCUT2D eigenvalue weighted by Gasteiger charge is 2.47. The van der Waals surface area contributed by atoms with Crippen LogP contribution in [-0.2, 0) is 14.3 Å². The van der Waals surface area contributed by atoms with Gasteiger partial charge in [0.1, 0.15) is 17.7 Å². The summed E-state index contributed by atoms with van der Waals surface area (Å²) in [5.74, 6) is -2.17. The predicted molar refractivity (Wildman–Crippen MR) is 89.3 cm³/mol. The summed E-state index contributed by atoms with van der Waals surface area (Å²) in [6.45, 7) is 1.96. The fraction of sp³-hybridized carbons (Fsp3) is 0.579. The molecule has 1 aromatic rings. The van der Waals surface area contributed by atoms with Crippen molar-refractivity contribution in [1.29, 1.82) is 0 Å². The van der Waals surface area contributed by atoms with Crippen molar-refractivity contribution in [3.05, 3.63) is 35.4 Å². The number of nitrogens with zero attached hydrogens (tertiary/aromatic N) is 1. The number of benzene rings is 1. The summed E-state index contributed by atoms with van der Waals surface area (Å²) in [6, 6.07) is 3.69. The van der Waals surface area contributed by atoms with Crippen molar-refractivity contribution in [2.75, 3.05) is 19.7 Å². The Balaban J connectivity index is 1.28. The van der Waals surface area contributed by atoms with Gasteiger partial charge in [0, 0.05) is 43.0 Å². The lowest BCUT2D eigenvalue weighted by atomic mass is 10.0. The van der Waals surface area contributed by atoms with Gasteiger partial charge in [0.05, 0.1) is 6.61 Å². The van der Waals surface area contributed by atoms with Gasteiger partial charge < -0.3 is 10.1 Å². The molecule has 7 heteroatoms. The molecule has 1 amide bonds. The summed E-state index contributed by atoms with van der Waals surface area (Å²) < 4.78 is 32.7. The van der Waals surface area contributed by atoms with Crippen LogP contribution in [0.4, 0.5) is 8.78 Å². The molecule has 1 aromatic carbocycles. The fourth-order valence-corrected chi connectivity index (χ4v) is 4.15. The topological polar surface area (TPSA) is 58.6 Å². The third-order valence-corrected chi connectivity index (χ3v) is 5.72. The number of esters is 1. The number of carbonyl (C=O) groups is 2. The molecule has 0 spiro atoms. The molecule has 2 heterocycles. The number of halogens is 2. The predicted octanol–water partition coefficient (Wildman–Crippen LogP) is 1.96. The van der Waals surface area contributed by atoms with Crippen molar-refractivity contribution in [2.45, 2.75) is 43.7 Å². The number of hydrogen-bond acceptors (Lipinski definition) is 4. The lowest BCUT2D eigenvalue weighted by Crippen LogP contribution is -2.49. The number of ether oxygens (including phenoxy) is 1. The first-order valence-electron chi connectivity index (χ1n) is 9.19. The van der Waals surface area contributed by atoms with Crippen LogP contribution < -0.4 is 5.32 Å². The number of amides is 1.